The summed E-state index contributed by atoms with van der Waals surface area (Å²) in [5.74, 6) is 0.0858. The van der Waals surface area contributed by atoms with E-state index in [4.69, 9.17) is 0 Å². The minimum Gasteiger partial charge on any atom is -0.347 e. The van der Waals surface area contributed by atoms with E-state index in [2.05, 4.69) is 5.32 Å². The lowest BCUT2D eigenvalue weighted by atomic mass is 9.90. The number of amides is 2. The number of nitrogens with zero attached hydrogens (tertiary/aromatic N) is 2. The monoisotopic (exact) mass is 255 g/mol. The average molecular weight is 255 g/mol. The Morgan fingerprint density at radius 2 is 2.00 bits per heavy atom. The van der Waals surface area contributed by atoms with Gasteiger partial charge in [-0.2, -0.15) is 0 Å². The smallest absolute Gasteiger partial charge is 0.241 e. The molecule has 0 radical (unpaired) electrons. The maximum atomic E-state index is 12.4. The van der Waals surface area contributed by atoms with Crippen LogP contribution in [-0.4, -0.2) is 61.4 Å². The van der Waals surface area contributed by atoms with Crippen LogP contribution in [0.5, 0.6) is 0 Å². The van der Waals surface area contributed by atoms with E-state index in [1.807, 2.05) is 13.8 Å². The first-order chi connectivity index (χ1) is 8.47. The molecule has 2 amide bonds. The second kappa shape index (κ2) is 6.73. The van der Waals surface area contributed by atoms with Gasteiger partial charge in [-0.3, -0.25) is 9.59 Å². The van der Waals surface area contributed by atoms with Crippen molar-refractivity contribution in [1.82, 2.24) is 15.1 Å². The Morgan fingerprint density at radius 3 is 2.50 bits per heavy atom. The first-order valence-electron chi connectivity index (χ1n) is 6.69. The van der Waals surface area contributed by atoms with Crippen molar-refractivity contribution in [1.29, 1.82) is 0 Å². The van der Waals surface area contributed by atoms with Gasteiger partial charge in [-0.25, -0.2) is 0 Å². The molecule has 104 valence electrons. The number of hydrogen-bond donors (Lipinski definition) is 1. The van der Waals surface area contributed by atoms with Crippen LogP contribution >= 0.6 is 0 Å². The van der Waals surface area contributed by atoms with Crippen molar-refractivity contribution in [2.75, 3.05) is 33.7 Å². The molecule has 1 N–H and O–H groups in total. The molecule has 1 fully saturated rings. The van der Waals surface area contributed by atoms with Crippen molar-refractivity contribution in [3.8, 4) is 0 Å². The van der Waals surface area contributed by atoms with Crippen molar-refractivity contribution in [3.63, 3.8) is 0 Å². The molecule has 0 aromatic rings. The summed E-state index contributed by atoms with van der Waals surface area (Å²) in [7, 11) is 3.43. The molecule has 1 heterocycles. The number of carbonyl (C=O) groups is 2. The Labute approximate surface area is 110 Å². The molecule has 0 aliphatic carbocycles. The van der Waals surface area contributed by atoms with Crippen LogP contribution in [0.15, 0.2) is 0 Å². The zero-order valence-corrected chi connectivity index (χ0v) is 11.9. The predicted molar refractivity (Wildman–Crippen MR) is 71.1 cm³/mol. The topological polar surface area (TPSA) is 52.7 Å². The van der Waals surface area contributed by atoms with Crippen LogP contribution in [0.3, 0.4) is 0 Å². The van der Waals surface area contributed by atoms with E-state index in [1.165, 1.54) is 4.90 Å². The van der Waals surface area contributed by atoms with Crippen LogP contribution in [0.2, 0.25) is 0 Å². The number of likely N-dealkylation sites (N-methyl/N-ethyl adjacent to an activating group) is 2. The van der Waals surface area contributed by atoms with E-state index in [0.717, 1.165) is 19.4 Å². The van der Waals surface area contributed by atoms with E-state index < -0.39 is 0 Å². The number of nitrogens with one attached hydrogen (secondary N) is 1. The molecule has 1 rings (SSSR count). The largest absolute Gasteiger partial charge is 0.347 e. The van der Waals surface area contributed by atoms with Gasteiger partial charge in [-0.15, -0.1) is 0 Å². The highest BCUT2D eigenvalue weighted by Crippen LogP contribution is 2.19. The van der Waals surface area contributed by atoms with E-state index in [1.54, 1.807) is 19.0 Å². The zero-order chi connectivity index (χ0) is 13.7. The van der Waals surface area contributed by atoms with E-state index in [-0.39, 0.29) is 30.3 Å². The van der Waals surface area contributed by atoms with E-state index in [9.17, 15) is 9.59 Å². The molecule has 0 saturated carbocycles. The van der Waals surface area contributed by atoms with Gasteiger partial charge >= 0.3 is 0 Å². The third kappa shape index (κ3) is 3.70. The van der Waals surface area contributed by atoms with Crippen LogP contribution < -0.4 is 5.32 Å². The first kappa shape index (κ1) is 15.0. The molecular formula is C13H25N3O2. The summed E-state index contributed by atoms with van der Waals surface area (Å²) in [5, 5.41) is 3.33. The van der Waals surface area contributed by atoms with E-state index in [0.29, 0.717) is 6.54 Å². The summed E-state index contributed by atoms with van der Waals surface area (Å²) in [6, 6.07) is 0.203. The molecule has 0 bridgehead atoms. The van der Waals surface area contributed by atoms with Gasteiger partial charge in [-0.1, -0.05) is 0 Å². The number of rotatable bonds is 4. The number of hydrogen-bond acceptors (Lipinski definition) is 3. The summed E-state index contributed by atoms with van der Waals surface area (Å²) in [6.07, 6.45) is 1.94. The number of piperidine rings is 1. The fourth-order valence-corrected chi connectivity index (χ4v) is 2.27. The SMILES string of the molecule is CCN(CC(=O)N(C)C)C(=O)C1CCCNC1C. The van der Waals surface area contributed by atoms with Crippen molar-refractivity contribution in [2.45, 2.75) is 32.7 Å². The normalized spacial score (nSPS) is 23.6. The number of carbonyl (C=O) groups excluding carboxylic acids is 2. The van der Waals surface area contributed by atoms with Gasteiger partial charge in [0.15, 0.2) is 0 Å². The van der Waals surface area contributed by atoms with Crippen LogP contribution in [-0.2, 0) is 9.59 Å². The lowest BCUT2D eigenvalue weighted by molar-refractivity contribution is -0.142. The van der Waals surface area contributed by atoms with Crippen molar-refractivity contribution in [2.24, 2.45) is 5.92 Å². The molecule has 18 heavy (non-hydrogen) atoms. The first-order valence-corrected chi connectivity index (χ1v) is 6.69. The van der Waals surface area contributed by atoms with Crippen LogP contribution in [0.25, 0.3) is 0 Å². The summed E-state index contributed by atoms with van der Waals surface area (Å²) < 4.78 is 0. The van der Waals surface area contributed by atoms with Crippen LogP contribution in [0, 0.1) is 5.92 Å². The predicted octanol–water partition coefficient (Wildman–Crippen LogP) is 0.311. The van der Waals surface area contributed by atoms with Gasteiger partial charge in [0, 0.05) is 26.7 Å². The van der Waals surface area contributed by atoms with Gasteiger partial charge < -0.3 is 15.1 Å². The molecule has 2 unspecified atom stereocenters. The highest BCUT2D eigenvalue weighted by atomic mass is 16.2. The highest BCUT2D eigenvalue weighted by molar-refractivity contribution is 5.86. The van der Waals surface area contributed by atoms with Crippen molar-refractivity contribution < 1.29 is 9.59 Å². The second-order valence-electron chi connectivity index (χ2n) is 5.13. The Hall–Kier alpha value is -1.10. The Morgan fingerprint density at radius 1 is 1.33 bits per heavy atom. The molecule has 5 heteroatoms. The van der Waals surface area contributed by atoms with Crippen molar-refractivity contribution in [3.05, 3.63) is 0 Å². The summed E-state index contributed by atoms with van der Waals surface area (Å²) in [4.78, 5) is 27.3. The fraction of sp³-hybridized carbons (Fsp3) is 0.846. The van der Waals surface area contributed by atoms with Gasteiger partial charge in [0.1, 0.15) is 0 Å². The molecule has 0 aromatic carbocycles. The highest BCUT2D eigenvalue weighted by Gasteiger charge is 2.31. The quantitative estimate of drug-likeness (QED) is 0.786. The van der Waals surface area contributed by atoms with Gasteiger partial charge in [0.05, 0.1) is 12.5 Å². The molecule has 5 nitrogen and oxygen atoms in total. The lowest BCUT2D eigenvalue weighted by Gasteiger charge is -2.33. The van der Waals surface area contributed by atoms with Crippen LogP contribution in [0.4, 0.5) is 0 Å². The van der Waals surface area contributed by atoms with Gasteiger partial charge in [-0.05, 0) is 33.2 Å². The molecule has 2 atom stereocenters. The third-order valence-electron chi connectivity index (χ3n) is 3.60. The standard InChI is InChI=1S/C13H25N3O2/c1-5-16(9-12(17)15(3)4)13(18)11-7-6-8-14-10(11)2/h10-11,14H,5-9H2,1-4H3. The third-order valence-corrected chi connectivity index (χ3v) is 3.60. The maximum absolute atomic E-state index is 12.4. The zero-order valence-electron chi connectivity index (χ0n) is 11.9. The molecule has 1 aliphatic rings. The average Bonchev–Trinajstić information content (AvgIpc) is 2.35. The van der Waals surface area contributed by atoms with Gasteiger partial charge in [0.2, 0.25) is 11.8 Å². The molecule has 1 aliphatic heterocycles. The Bertz CT molecular complexity index is 305. The molecule has 0 aromatic heterocycles. The Kier molecular flexibility index (Phi) is 5.59. The molecule has 0 spiro atoms. The summed E-state index contributed by atoms with van der Waals surface area (Å²) >= 11 is 0. The minimum absolute atomic E-state index is 0.00802. The second-order valence-corrected chi connectivity index (χ2v) is 5.13. The van der Waals surface area contributed by atoms with E-state index >= 15 is 0 Å². The maximum Gasteiger partial charge on any atom is 0.241 e. The minimum atomic E-state index is -0.0263. The molecule has 1 saturated heterocycles. The Balaban J connectivity index is 2.63. The summed E-state index contributed by atoms with van der Waals surface area (Å²) in [5.41, 5.74) is 0. The van der Waals surface area contributed by atoms with Gasteiger partial charge in [0.25, 0.3) is 0 Å². The fourth-order valence-electron chi connectivity index (χ4n) is 2.27. The van der Waals surface area contributed by atoms with Crippen LogP contribution in [0.1, 0.15) is 26.7 Å². The lowest BCUT2D eigenvalue weighted by Crippen LogP contribution is -2.50. The molecular weight excluding hydrogens is 230 g/mol. The van der Waals surface area contributed by atoms with Crippen molar-refractivity contribution >= 4 is 11.8 Å². The summed E-state index contributed by atoms with van der Waals surface area (Å²) in [6.45, 7) is 5.71.